The first-order valence-electron chi connectivity index (χ1n) is 14.4. The van der Waals surface area contributed by atoms with Crippen LogP contribution in [0.2, 0.25) is 0 Å². The lowest BCUT2D eigenvalue weighted by molar-refractivity contribution is 0.155. The van der Waals surface area contributed by atoms with E-state index in [0.29, 0.717) is 5.92 Å². The van der Waals surface area contributed by atoms with Crippen LogP contribution in [0.4, 0.5) is 4.39 Å². The number of unbranched alkanes of at least 4 members (excludes halogenated alkanes) is 4. The molecule has 0 saturated heterocycles. The minimum absolute atomic E-state index is 0.0589. The molecule has 0 aromatic heterocycles. The molecule has 0 unspecified atom stereocenters. The highest BCUT2D eigenvalue weighted by molar-refractivity contribution is 5.84. The Bertz CT molecular complexity index is 852. The van der Waals surface area contributed by atoms with Crippen molar-refractivity contribution in [3.05, 3.63) is 47.3 Å². The minimum atomic E-state index is 0.0589. The fraction of sp³-hybridized carbons (Fsp3) is 0.688. The number of halogens is 1. The molecule has 33 heavy (non-hydrogen) atoms. The van der Waals surface area contributed by atoms with Crippen molar-refractivity contribution in [1.29, 1.82) is 0 Å². The number of aryl methyl sites for hydroxylation is 1. The molecule has 0 radical (unpaired) electrons. The molecule has 0 bridgehead atoms. The molecule has 0 N–H and O–H groups in total. The van der Waals surface area contributed by atoms with E-state index in [-0.39, 0.29) is 5.82 Å². The molecule has 0 heterocycles. The third-order valence-electron chi connectivity index (χ3n) is 9.10. The molecule has 0 spiro atoms. The summed E-state index contributed by atoms with van der Waals surface area (Å²) in [6, 6.07) is 10.7. The van der Waals surface area contributed by atoms with Crippen molar-refractivity contribution in [1.82, 2.24) is 0 Å². The summed E-state index contributed by atoms with van der Waals surface area (Å²) in [7, 11) is 0. The van der Waals surface area contributed by atoms with E-state index in [1.165, 1.54) is 102 Å². The third-order valence-corrected chi connectivity index (χ3v) is 9.10. The van der Waals surface area contributed by atoms with Crippen molar-refractivity contribution in [2.75, 3.05) is 0 Å². The summed E-state index contributed by atoms with van der Waals surface area (Å²) in [6.45, 7) is 4.55. The lowest BCUT2D eigenvalue weighted by Gasteiger charge is -2.38. The Labute approximate surface area is 202 Å². The number of benzene rings is 2. The molecule has 4 rings (SSSR count). The zero-order chi connectivity index (χ0) is 23.0. The van der Waals surface area contributed by atoms with Gasteiger partial charge in [-0.25, -0.2) is 4.39 Å². The van der Waals surface area contributed by atoms with Crippen molar-refractivity contribution in [3.8, 4) is 0 Å². The Morgan fingerprint density at radius 1 is 0.727 bits per heavy atom. The number of fused-ring (bicyclic) bond motifs is 1. The molecule has 2 aromatic carbocycles. The standard InChI is InChI=1S/C32H47F/c1-3-5-7-9-24-11-14-26(15-12-24)27-16-18-28(19-17-27)30-22-20-29-23-25(10-8-6-4-2)13-21-31(29)32(30)33/h13,20-24,26-28H,3-12,14-19H2,1-2H3. The summed E-state index contributed by atoms with van der Waals surface area (Å²) in [4.78, 5) is 0. The van der Waals surface area contributed by atoms with Crippen LogP contribution in [-0.2, 0) is 6.42 Å². The molecule has 0 aliphatic heterocycles. The average molecular weight is 451 g/mol. The van der Waals surface area contributed by atoms with Crippen LogP contribution in [-0.4, -0.2) is 0 Å². The largest absolute Gasteiger partial charge is 0.206 e. The van der Waals surface area contributed by atoms with Gasteiger partial charge >= 0.3 is 0 Å². The molecule has 2 saturated carbocycles. The van der Waals surface area contributed by atoms with Crippen LogP contribution in [0.25, 0.3) is 10.8 Å². The van der Waals surface area contributed by atoms with Crippen LogP contribution in [0.15, 0.2) is 30.3 Å². The van der Waals surface area contributed by atoms with Gasteiger partial charge in [-0.2, -0.15) is 0 Å². The van der Waals surface area contributed by atoms with Gasteiger partial charge in [0.25, 0.3) is 0 Å². The molecule has 2 aliphatic carbocycles. The predicted octanol–water partition coefficient (Wildman–Crippen LogP) is 10.4. The van der Waals surface area contributed by atoms with Crippen LogP contribution < -0.4 is 0 Å². The summed E-state index contributed by atoms with van der Waals surface area (Å²) < 4.78 is 15.5. The van der Waals surface area contributed by atoms with E-state index in [0.717, 1.165) is 40.5 Å². The maximum atomic E-state index is 15.5. The predicted molar refractivity (Wildman–Crippen MR) is 141 cm³/mol. The van der Waals surface area contributed by atoms with Crippen molar-refractivity contribution in [2.45, 2.75) is 122 Å². The second-order valence-electron chi connectivity index (χ2n) is 11.4. The van der Waals surface area contributed by atoms with Gasteiger partial charge in [0.2, 0.25) is 0 Å². The number of hydrogen-bond acceptors (Lipinski definition) is 0. The molecule has 2 aromatic rings. The zero-order valence-electron chi connectivity index (χ0n) is 21.4. The van der Waals surface area contributed by atoms with E-state index in [1.807, 2.05) is 6.07 Å². The van der Waals surface area contributed by atoms with E-state index >= 15 is 4.39 Å². The van der Waals surface area contributed by atoms with Crippen molar-refractivity contribution in [2.24, 2.45) is 17.8 Å². The second-order valence-corrected chi connectivity index (χ2v) is 11.4. The molecule has 2 fully saturated rings. The average Bonchev–Trinajstić information content (AvgIpc) is 2.85. The maximum Gasteiger partial charge on any atom is 0.134 e. The highest BCUT2D eigenvalue weighted by Crippen LogP contribution is 2.45. The Hall–Kier alpha value is -1.37. The Kier molecular flexibility index (Phi) is 9.27. The summed E-state index contributed by atoms with van der Waals surface area (Å²) in [5.74, 6) is 3.32. The van der Waals surface area contributed by atoms with Crippen molar-refractivity contribution >= 4 is 10.8 Å². The number of rotatable bonds is 10. The fourth-order valence-corrected chi connectivity index (χ4v) is 6.94. The fourth-order valence-electron chi connectivity index (χ4n) is 6.94. The van der Waals surface area contributed by atoms with Gasteiger partial charge in [0.05, 0.1) is 0 Å². The van der Waals surface area contributed by atoms with Crippen LogP contribution >= 0.6 is 0 Å². The van der Waals surface area contributed by atoms with Gasteiger partial charge in [-0.15, -0.1) is 0 Å². The smallest absolute Gasteiger partial charge is 0.134 e. The van der Waals surface area contributed by atoms with E-state index in [4.69, 9.17) is 0 Å². The summed E-state index contributed by atoms with van der Waals surface area (Å²) in [5.41, 5.74) is 2.34. The van der Waals surface area contributed by atoms with Gasteiger partial charge in [-0.3, -0.25) is 0 Å². The SMILES string of the molecule is CCCCCc1ccc2c(F)c(C3CCC(C4CCC(CCCCC)CC4)CC3)ccc2c1. The molecule has 2 aliphatic rings. The van der Waals surface area contributed by atoms with E-state index in [1.54, 1.807) is 0 Å². The Morgan fingerprint density at radius 2 is 1.39 bits per heavy atom. The van der Waals surface area contributed by atoms with Crippen LogP contribution in [0.5, 0.6) is 0 Å². The van der Waals surface area contributed by atoms with Gasteiger partial charge in [-0.1, -0.05) is 95.5 Å². The van der Waals surface area contributed by atoms with Crippen molar-refractivity contribution in [3.63, 3.8) is 0 Å². The minimum Gasteiger partial charge on any atom is -0.206 e. The summed E-state index contributed by atoms with van der Waals surface area (Å²) >= 11 is 0. The first kappa shape index (κ1) is 24.7. The first-order valence-corrected chi connectivity index (χ1v) is 14.4. The van der Waals surface area contributed by atoms with E-state index in [9.17, 15) is 0 Å². The van der Waals surface area contributed by atoms with E-state index in [2.05, 4.69) is 38.1 Å². The van der Waals surface area contributed by atoms with Crippen LogP contribution in [0.3, 0.4) is 0 Å². The van der Waals surface area contributed by atoms with Gasteiger partial charge in [0, 0.05) is 5.39 Å². The molecule has 1 heteroatoms. The first-order chi connectivity index (χ1) is 16.2. The highest BCUT2D eigenvalue weighted by Gasteiger charge is 2.32. The van der Waals surface area contributed by atoms with Crippen LogP contribution in [0, 0.1) is 23.6 Å². The Morgan fingerprint density at radius 3 is 2.09 bits per heavy atom. The normalized spacial score (nSPS) is 26.0. The monoisotopic (exact) mass is 450 g/mol. The Balaban J connectivity index is 1.31. The molecular weight excluding hydrogens is 403 g/mol. The van der Waals surface area contributed by atoms with E-state index < -0.39 is 0 Å². The zero-order valence-corrected chi connectivity index (χ0v) is 21.4. The lowest BCUT2D eigenvalue weighted by Crippen LogP contribution is -2.25. The van der Waals surface area contributed by atoms with Crippen LogP contribution in [0.1, 0.15) is 127 Å². The number of hydrogen-bond donors (Lipinski definition) is 0. The highest BCUT2D eigenvalue weighted by atomic mass is 19.1. The molecule has 182 valence electrons. The molecule has 0 atom stereocenters. The summed E-state index contributed by atoms with van der Waals surface area (Å²) in [6.07, 6.45) is 21.3. The second kappa shape index (κ2) is 12.4. The quantitative estimate of drug-likeness (QED) is 0.316. The molecule has 0 amide bonds. The third kappa shape index (κ3) is 6.40. The van der Waals surface area contributed by atoms with Gasteiger partial charge < -0.3 is 0 Å². The van der Waals surface area contributed by atoms with Gasteiger partial charge in [-0.05, 0) is 91.6 Å². The van der Waals surface area contributed by atoms with Crippen molar-refractivity contribution < 1.29 is 4.39 Å². The maximum absolute atomic E-state index is 15.5. The van der Waals surface area contributed by atoms with Gasteiger partial charge in [0.1, 0.15) is 5.82 Å². The van der Waals surface area contributed by atoms with Gasteiger partial charge in [0.15, 0.2) is 0 Å². The lowest BCUT2D eigenvalue weighted by atomic mass is 9.68. The summed E-state index contributed by atoms with van der Waals surface area (Å²) in [5, 5.41) is 1.91. The topological polar surface area (TPSA) is 0 Å². The molecular formula is C32H47F. The molecule has 0 nitrogen and oxygen atoms in total.